The van der Waals surface area contributed by atoms with Gasteiger partial charge in [0.1, 0.15) is 0 Å². The highest BCUT2D eigenvalue weighted by Crippen LogP contribution is 2.30. The highest BCUT2D eigenvalue weighted by Gasteiger charge is 2.13. The first-order valence-corrected chi connectivity index (χ1v) is 11.5. The second kappa shape index (κ2) is 12.3. The van der Waals surface area contributed by atoms with Gasteiger partial charge >= 0.3 is 0 Å². The molecule has 0 spiro atoms. The number of rotatable bonds is 9. The fourth-order valence-corrected chi connectivity index (χ4v) is 3.65. The van der Waals surface area contributed by atoms with E-state index in [4.69, 9.17) is 14.5 Å². The van der Waals surface area contributed by atoms with Gasteiger partial charge in [-0.25, -0.2) is 4.99 Å². The van der Waals surface area contributed by atoms with Crippen LogP contribution in [0.2, 0.25) is 0 Å². The molecule has 1 aliphatic heterocycles. The molecule has 0 saturated carbocycles. The highest BCUT2D eigenvalue weighted by atomic mass is 16.5. The van der Waals surface area contributed by atoms with Gasteiger partial charge < -0.3 is 25.0 Å². The Hall–Kier alpha value is -2.77. The molecule has 1 saturated heterocycles. The molecule has 0 unspecified atom stereocenters. The lowest BCUT2D eigenvalue weighted by molar-refractivity contribution is 0.148. The molecule has 0 aromatic heterocycles. The van der Waals surface area contributed by atoms with Gasteiger partial charge in [-0.05, 0) is 44.2 Å². The van der Waals surface area contributed by atoms with Crippen LogP contribution >= 0.6 is 0 Å². The number of nitrogens with one attached hydrogen (secondary N) is 2. The van der Waals surface area contributed by atoms with Crippen molar-refractivity contribution in [1.29, 1.82) is 0 Å². The molecular weight excluding hydrogens is 402 g/mol. The Morgan fingerprint density at radius 1 is 0.969 bits per heavy atom. The summed E-state index contributed by atoms with van der Waals surface area (Å²) in [5.41, 5.74) is 3.44. The van der Waals surface area contributed by atoms with Crippen LogP contribution in [0.4, 0.5) is 5.69 Å². The van der Waals surface area contributed by atoms with Gasteiger partial charge in [0.2, 0.25) is 0 Å². The minimum Gasteiger partial charge on any atom is -0.493 e. The van der Waals surface area contributed by atoms with Crippen LogP contribution in [-0.4, -0.2) is 69.2 Å². The van der Waals surface area contributed by atoms with Gasteiger partial charge in [-0.1, -0.05) is 24.3 Å². The highest BCUT2D eigenvalue weighted by molar-refractivity contribution is 5.93. The third-order valence-electron chi connectivity index (χ3n) is 5.52. The number of benzene rings is 2. The lowest BCUT2D eigenvalue weighted by Crippen LogP contribution is -2.43. The second-order valence-electron chi connectivity index (χ2n) is 8.01. The van der Waals surface area contributed by atoms with Gasteiger partial charge in [0, 0.05) is 51.0 Å². The molecular formula is C25H37N5O2. The van der Waals surface area contributed by atoms with Crippen molar-refractivity contribution in [2.75, 3.05) is 58.8 Å². The average molecular weight is 440 g/mol. The Bertz CT molecular complexity index is 861. The Kier molecular flexibility index (Phi) is 9.19. The van der Waals surface area contributed by atoms with Crippen molar-refractivity contribution in [3.05, 3.63) is 53.6 Å². The fraction of sp³-hybridized carbons (Fsp3) is 0.480. The van der Waals surface area contributed by atoms with Crippen LogP contribution in [0.5, 0.6) is 11.5 Å². The smallest absolute Gasteiger partial charge is 0.196 e. The molecule has 0 radical (unpaired) electrons. The zero-order chi connectivity index (χ0) is 22.8. The first kappa shape index (κ1) is 23.9. The van der Waals surface area contributed by atoms with Gasteiger partial charge in [-0.3, -0.25) is 4.90 Å². The second-order valence-corrected chi connectivity index (χ2v) is 8.01. The molecule has 1 aliphatic rings. The first-order chi connectivity index (χ1) is 15.6. The standard InChI is InChI=1S/C25H37N5O2/c1-5-26-25(28-22-11-12-23(31-4)24(17-22)32-6-2)27-18-20-7-9-21(10-8-20)19-30-15-13-29(3)14-16-30/h7-12,17H,5-6,13-16,18-19H2,1-4H3,(H2,26,27,28). The van der Waals surface area contributed by atoms with E-state index in [2.05, 4.69) is 58.7 Å². The van der Waals surface area contributed by atoms with Gasteiger partial charge in [-0.2, -0.15) is 0 Å². The summed E-state index contributed by atoms with van der Waals surface area (Å²) in [5.74, 6) is 2.17. The van der Waals surface area contributed by atoms with Crippen LogP contribution in [0.1, 0.15) is 25.0 Å². The summed E-state index contributed by atoms with van der Waals surface area (Å²) in [4.78, 5) is 9.66. The molecule has 0 amide bonds. The molecule has 3 rings (SSSR count). The number of piperazine rings is 1. The van der Waals surface area contributed by atoms with Crippen molar-refractivity contribution in [3.63, 3.8) is 0 Å². The number of hydrogen-bond acceptors (Lipinski definition) is 5. The predicted octanol–water partition coefficient (Wildman–Crippen LogP) is 3.42. The number of nitrogens with zero attached hydrogens (tertiary/aromatic N) is 3. The molecule has 0 atom stereocenters. The molecule has 2 aromatic carbocycles. The van der Waals surface area contributed by atoms with Crippen molar-refractivity contribution in [2.45, 2.75) is 26.9 Å². The third-order valence-corrected chi connectivity index (χ3v) is 5.52. The SMILES string of the molecule is CCNC(=NCc1ccc(CN2CCN(C)CC2)cc1)Nc1ccc(OC)c(OCC)c1. The number of hydrogen-bond donors (Lipinski definition) is 2. The van der Waals surface area contributed by atoms with Crippen LogP contribution in [0.25, 0.3) is 0 Å². The molecule has 0 aliphatic carbocycles. The van der Waals surface area contributed by atoms with Crippen LogP contribution in [0, 0.1) is 0 Å². The summed E-state index contributed by atoms with van der Waals surface area (Å²) >= 11 is 0. The van der Waals surface area contributed by atoms with E-state index in [1.54, 1.807) is 7.11 Å². The van der Waals surface area contributed by atoms with E-state index in [-0.39, 0.29) is 0 Å². The van der Waals surface area contributed by atoms with Gasteiger partial charge in [0.15, 0.2) is 17.5 Å². The zero-order valence-electron chi connectivity index (χ0n) is 19.9. The lowest BCUT2D eigenvalue weighted by Gasteiger charge is -2.32. The summed E-state index contributed by atoms with van der Waals surface area (Å²) in [6.07, 6.45) is 0. The lowest BCUT2D eigenvalue weighted by atomic mass is 10.1. The first-order valence-electron chi connectivity index (χ1n) is 11.5. The molecule has 1 heterocycles. The molecule has 2 aromatic rings. The monoisotopic (exact) mass is 439 g/mol. The molecule has 7 heteroatoms. The van der Waals surface area contributed by atoms with E-state index in [1.165, 1.54) is 11.1 Å². The third kappa shape index (κ3) is 7.14. The number of anilines is 1. The maximum Gasteiger partial charge on any atom is 0.196 e. The van der Waals surface area contributed by atoms with Crippen molar-refractivity contribution in [1.82, 2.24) is 15.1 Å². The Morgan fingerprint density at radius 3 is 2.34 bits per heavy atom. The van der Waals surface area contributed by atoms with Crippen LogP contribution < -0.4 is 20.1 Å². The van der Waals surface area contributed by atoms with Gasteiger partial charge in [0.25, 0.3) is 0 Å². The van der Waals surface area contributed by atoms with Crippen molar-refractivity contribution >= 4 is 11.6 Å². The van der Waals surface area contributed by atoms with Gasteiger partial charge in [-0.15, -0.1) is 0 Å². The average Bonchev–Trinajstić information content (AvgIpc) is 2.80. The maximum absolute atomic E-state index is 5.68. The molecule has 1 fully saturated rings. The summed E-state index contributed by atoms with van der Waals surface area (Å²) in [5, 5.41) is 6.67. The fourth-order valence-electron chi connectivity index (χ4n) is 3.65. The summed E-state index contributed by atoms with van der Waals surface area (Å²) in [7, 11) is 3.84. The summed E-state index contributed by atoms with van der Waals surface area (Å²) < 4.78 is 11.0. The predicted molar refractivity (Wildman–Crippen MR) is 132 cm³/mol. The van der Waals surface area contributed by atoms with E-state index in [0.29, 0.717) is 18.9 Å². The minimum absolute atomic E-state index is 0.582. The van der Waals surface area contributed by atoms with E-state index in [1.807, 2.05) is 25.1 Å². The molecule has 2 N–H and O–H groups in total. The topological polar surface area (TPSA) is 61.4 Å². The van der Waals surface area contributed by atoms with E-state index in [9.17, 15) is 0 Å². The molecule has 32 heavy (non-hydrogen) atoms. The summed E-state index contributed by atoms with van der Waals surface area (Å²) in [6.45, 7) is 11.6. The number of guanidine groups is 1. The zero-order valence-corrected chi connectivity index (χ0v) is 19.9. The van der Waals surface area contributed by atoms with Crippen LogP contribution in [-0.2, 0) is 13.1 Å². The van der Waals surface area contributed by atoms with Crippen molar-refractivity contribution in [2.24, 2.45) is 4.99 Å². The number of ether oxygens (including phenoxy) is 2. The van der Waals surface area contributed by atoms with Crippen molar-refractivity contribution < 1.29 is 9.47 Å². The minimum atomic E-state index is 0.582. The largest absolute Gasteiger partial charge is 0.493 e. The van der Waals surface area contributed by atoms with E-state index in [0.717, 1.165) is 56.7 Å². The number of aliphatic imine (C=N–C) groups is 1. The van der Waals surface area contributed by atoms with Crippen molar-refractivity contribution in [3.8, 4) is 11.5 Å². The molecule has 0 bridgehead atoms. The Morgan fingerprint density at radius 2 is 1.69 bits per heavy atom. The van der Waals surface area contributed by atoms with Crippen LogP contribution in [0.3, 0.4) is 0 Å². The Balaban J connectivity index is 1.60. The Labute approximate surface area is 192 Å². The number of likely N-dealkylation sites (N-methyl/N-ethyl adjacent to an activating group) is 1. The maximum atomic E-state index is 5.68. The molecule has 7 nitrogen and oxygen atoms in total. The van der Waals surface area contributed by atoms with Crippen LogP contribution in [0.15, 0.2) is 47.5 Å². The number of methoxy groups -OCH3 is 1. The quantitative estimate of drug-likeness (QED) is 0.461. The van der Waals surface area contributed by atoms with E-state index >= 15 is 0 Å². The normalized spacial score (nSPS) is 15.4. The van der Waals surface area contributed by atoms with Gasteiger partial charge in [0.05, 0.1) is 20.3 Å². The molecule has 174 valence electrons. The summed E-state index contributed by atoms with van der Waals surface area (Å²) in [6, 6.07) is 14.6. The van der Waals surface area contributed by atoms with E-state index < -0.39 is 0 Å².